The first-order valence-corrected chi connectivity index (χ1v) is 4.09. The van der Waals surface area contributed by atoms with Crippen LogP contribution in [0.4, 0.5) is 0 Å². The number of rotatable bonds is 2. The minimum absolute atomic E-state index is 0.0224. The highest BCUT2D eigenvalue weighted by molar-refractivity contribution is 6.41. The first-order chi connectivity index (χ1) is 4.87. The summed E-state index contributed by atoms with van der Waals surface area (Å²) < 4.78 is 5.15. The fourth-order valence-electron chi connectivity index (χ4n) is 0.569. The summed E-state index contributed by atoms with van der Waals surface area (Å²) in [6.07, 6.45) is 0. The molecule has 1 unspecified atom stereocenters. The third-order valence-corrected chi connectivity index (χ3v) is 1.42. The minimum Gasteiger partial charge on any atom is -0.460 e. The van der Waals surface area contributed by atoms with Crippen LogP contribution in [-0.2, 0) is 9.53 Å². The van der Waals surface area contributed by atoms with E-state index in [-0.39, 0.29) is 17.4 Å². The van der Waals surface area contributed by atoms with E-state index in [9.17, 15) is 4.79 Å². The van der Waals surface area contributed by atoms with Gasteiger partial charge in [-0.2, -0.15) is 0 Å². The van der Waals surface area contributed by atoms with Crippen LogP contribution in [0.15, 0.2) is 0 Å². The van der Waals surface area contributed by atoms with Crippen LogP contribution in [0.3, 0.4) is 0 Å². The van der Waals surface area contributed by atoms with Crippen molar-refractivity contribution >= 4 is 13.2 Å². The van der Waals surface area contributed by atoms with Crippen molar-refractivity contribution in [2.24, 2.45) is 0 Å². The highest BCUT2D eigenvalue weighted by Crippen LogP contribution is 2.13. The summed E-state index contributed by atoms with van der Waals surface area (Å²) in [6, 6.07) is 0. The van der Waals surface area contributed by atoms with Crippen LogP contribution in [0.2, 0.25) is 12.6 Å². The summed E-state index contributed by atoms with van der Waals surface area (Å²) in [5, 5.41) is 0. The zero-order valence-corrected chi connectivity index (χ0v) is 8.10. The van der Waals surface area contributed by atoms with Gasteiger partial charge in [-0.05, 0) is 20.8 Å². The second kappa shape index (κ2) is 3.79. The Morgan fingerprint density at radius 3 is 2.18 bits per heavy atom. The Balaban J connectivity index is 3.88. The molecule has 3 heteroatoms. The molecule has 0 bridgehead atoms. The molecule has 0 heterocycles. The van der Waals surface area contributed by atoms with E-state index in [2.05, 4.69) is 0 Å². The highest BCUT2D eigenvalue weighted by atomic mass is 16.6. The molecule has 11 heavy (non-hydrogen) atoms. The zero-order valence-electron chi connectivity index (χ0n) is 8.10. The predicted octanol–water partition coefficient (Wildman–Crippen LogP) is 1.62. The second-order valence-corrected chi connectivity index (χ2v) is 3.84. The van der Waals surface area contributed by atoms with E-state index < -0.39 is 0 Å². The van der Waals surface area contributed by atoms with E-state index in [1.807, 2.05) is 34.5 Å². The average molecular weight is 156 g/mol. The maximum absolute atomic E-state index is 11.2. The van der Waals surface area contributed by atoms with Crippen LogP contribution in [0.25, 0.3) is 0 Å². The molecule has 0 aromatic carbocycles. The predicted molar refractivity (Wildman–Crippen MR) is 48.3 cm³/mol. The lowest BCUT2D eigenvalue weighted by Crippen LogP contribution is -2.26. The maximum Gasteiger partial charge on any atom is 0.301 e. The lowest BCUT2D eigenvalue weighted by Gasteiger charge is -2.21. The summed E-state index contributed by atoms with van der Waals surface area (Å²) in [6.45, 7) is 9.51. The van der Waals surface area contributed by atoms with Crippen LogP contribution >= 0.6 is 0 Å². The fourth-order valence-corrected chi connectivity index (χ4v) is 0.569. The SMILES string of the molecule is CBC(C)C(=O)OC(C)(C)C. The Morgan fingerprint density at radius 2 is 1.91 bits per heavy atom. The van der Waals surface area contributed by atoms with Crippen LogP contribution in [0.5, 0.6) is 0 Å². The number of hydrogen-bond acceptors (Lipinski definition) is 2. The van der Waals surface area contributed by atoms with Gasteiger partial charge in [-0.25, -0.2) is 0 Å². The van der Waals surface area contributed by atoms with E-state index in [1.165, 1.54) is 0 Å². The summed E-state index contributed by atoms with van der Waals surface area (Å²) in [5.74, 6) is -0.0748. The van der Waals surface area contributed by atoms with Gasteiger partial charge in [0.1, 0.15) is 12.9 Å². The summed E-state index contributed by atoms with van der Waals surface area (Å²) in [5.41, 5.74) is -0.347. The first kappa shape index (κ1) is 10.5. The van der Waals surface area contributed by atoms with E-state index in [4.69, 9.17) is 4.74 Å². The van der Waals surface area contributed by atoms with Crippen molar-refractivity contribution in [1.82, 2.24) is 0 Å². The molecule has 1 atom stereocenters. The van der Waals surface area contributed by atoms with Gasteiger partial charge in [-0.15, -0.1) is 0 Å². The van der Waals surface area contributed by atoms with Gasteiger partial charge < -0.3 is 4.74 Å². The Labute approximate surface area is 69.6 Å². The number of carbonyl (C=O) groups excluding carboxylic acids is 1. The van der Waals surface area contributed by atoms with Gasteiger partial charge in [0.2, 0.25) is 0 Å². The standard InChI is InChI=1S/C8H17BO2/c1-6(9-5)7(10)11-8(2,3)4/h6,9H,1-5H3. The van der Waals surface area contributed by atoms with E-state index in [0.717, 1.165) is 7.28 Å². The molecule has 0 N–H and O–H groups in total. The van der Waals surface area contributed by atoms with Crippen molar-refractivity contribution in [3.63, 3.8) is 0 Å². The van der Waals surface area contributed by atoms with Crippen LogP contribution < -0.4 is 0 Å². The molecular weight excluding hydrogens is 139 g/mol. The molecule has 64 valence electrons. The molecule has 0 aliphatic rings. The highest BCUT2D eigenvalue weighted by Gasteiger charge is 2.20. The third-order valence-electron chi connectivity index (χ3n) is 1.42. The Kier molecular flexibility index (Phi) is 3.63. The maximum atomic E-state index is 11.2. The molecule has 0 saturated carbocycles. The lowest BCUT2D eigenvalue weighted by atomic mass is 9.68. The fraction of sp³-hybridized carbons (Fsp3) is 0.875. The summed E-state index contributed by atoms with van der Waals surface area (Å²) >= 11 is 0. The number of carbonyl (C=O) groups is 1. The van der Waals surface area contributed by atoms with Crippen LogP contribution in [0.1, 0.15) is 27.7 Å². The molecule has 0 spiro atoms. The van der Waals surface area contributed by atoms with Gasteiger partial charge in [0.05, 0.1) is 0 Å². The number of esters is 1. The first-order valence-electron chi connectivity index (χ1n) is 4.09. The number of hydrogen-bond donors (Lipinski definition) is 0. The average Bonchev–Trinajstić information content (AvgIpc) is 1.82. The van der Waals surface area contributed by atoms with Gasteiger partial charge in [0.25, 0.3) is 0 Å². The van der Waals surface area contributed by atoms with Gasteiger partial charge in [0.15, 0.2) is 0 Å². The normalized spacial score (nSPS) is 13.9. The lowest BCUT2D eigenvalue weighted by molar-refractivity contribution is -0.154. The quantitative estimate of drug-likeness (QED) is 0.448. The Hall–Kier alpha value is -0.465. The molecule has 0 rings (SSSR count). The van der Waals surface area contributed by atoms with Crippen molar-refractivity contribution in [3.05, 3.63) is 0 Å². The summed E-state index contributed by atoms with van der Waals surface area (Å²) in [7, 11) is 0.842. The molecule has 0 aromatic rings. The monoisotopic (exact) mass is 156 g/mol. The van der Waals surface area contributed by atoms with Crippen molar-refractivity contribution in [1.29, 1.82) is 0 Å². The molecule has 2 nitrogen and oxygen atoms in total. The molecule has 0 aliphatic heterocycles. The van der Waals surface area contributed by atoms with Gasteiger partial charge in [-0.3, -0.25) is 4.79 Å². The Bertz CT molecular complexity index is 138. The van der Waals surface area contributed by atoms with Crippen molar-refractivity contribution in [2.45, 2.75) is 45.9 Å². The van der Waals surface area contributed by atoms with E-state index in [0.29, 0.717) is 0 Å². The number of ether oxygens (including phenoxy) is 1. The minimum atomic E-state index is -0.347. The smallest absolute Gasteiger partial charge is 0.301 e. The van der Waals surface area contributed by atoms with E-state index in [1.54, 1.807) is 0 Å². The molecule has 0 fully saturated rings. The third kappa shape index (κ3) is 4.88. The summed E-state index contributed by atoms with van der Waals surface area (Å²) in [4.78, 5) is 11.2. The Morgan fingerprint density at radius 1 is 1.45 bits per heavy atom. The molecule has 0 radical (unpaired) electrons. The largest absolute Gasteiger partial charge is 0.460 e. The molecule has 0 amide bonds. The molecular formula is C8H17BO2. The second-order valence-electron chi connectivity index (χ2n) is 3.84. The van der Waals surface area contributed by atoms with Gasteiger partial charge in [0, 0.05) is 5.82 Å². The van der Waals surface area contributed by atoms with Gasteiger partial charge in [-0.1, -0.05) is 13.7 Å². The molecule has 0 saturated heterocycles. The van der Waals surface area contributed by atoms with Gasteiger partial charge >= 0.3 is 5.97 Å². The molecule has 0 aliphatic carbocycles. The van der Waals surface area contributed by atoms with Crippen LogP contribution in [0, 0.1) is 0 Å². The van der Waals surface area contributed by atoms with Crippen molar-refractivity contribution in [3.8, 4) is 0 Å². The van der Waals surface area contributed by atoms with E-state index >= 15 is 0 Å². The molecule has 0 aromatic heterocycles. The van der Waals surface area contributed by atoms with Crippen molar-refractivity contribution < 1.29 is 9.53 Å². The zero-order chi connectivity index (χ0) is 9.07. The van der Waals surface area contributed by atoms with Crippen molar-refractivity contribution in [2.75, 3.05) is 0 Å². The van der Waals surface area contributed by atoms with Crippen LogP contribution in [-0.4, -0.2) is 18.8 Å². The topological polar surface area (TPSA) is 26.3 Å².